The monoisotopic (exact) mass is 426 g/mol. The maximum absolute atomic E-state index is 13.5. The van der Waals surface area contributed by atoms with Crippen molar-refractivity contribution in [3.8, 4) is 5.75 Å². The number of anilines is 1. The molecule has 10 heteroatoms. The first-order valence-corrected chi connectivity index (χ1v) is 10.2. The van der Waals surface area contributed by atoms with E-state index in [0.717, 1.165) is 5.39 Å². The summed E-state index contributed by atoms with van der Waals surface area (Å²) in [4.78, 5) is 21.8. The van der Waals surface area contributed by atoms with E-state index >= 15 is 0 Å². The number of benzene rings is 1. The molecule has 1 aromatic carbocycles. The quantitative estimate of drug-likeness (QED) is 0.428. The summed E-state index contributed by atoms with van der Waals surface area (Å²) in [5.41, 5.74) is 0.676. The second-order valence-corrected chi connectivity index (χ2v) is 7.36. The number of halogens is 1. The largest absolute Gasteiger partial charge is 0.481 e. The predicted molar refractivity (Wildman–Crippen MR) is 112 cm³/mol. The van der Waals surface area contributed by atoms with Crippen LogP contribution >= 0.6 is 11.3 Å². The van der Waals surface area contributed by atoms with Gasteiger partial charge in [-0.15, -0.1) is 11.3 Å². The molecule has 154 valence electrons. The number of nitrogens with one attached hydrogen (secondary N) is 2. The number of ether oxygens (including phenoxy) is 1. The second-order valence-electron chi connectivity index (χ2n) is 6.33. The number of carbonyl (C=O) groups is 1. The van der Waals surface area contributed by atoms with Gasteiger partial charge in [0.05, 0.1) is 24.7 Å². The van der Waals surface area contributed by atoms with Gasteiger partial charge in [-0.05, 0) is 23.6 Å². The molecule has 0 fully saturated rings. The first kappa shape index (κ1) is 19.8. The van der Waals surface area contributed by atoms with Gasteiger partial charge in [-0.1, -0.05) is 18.2 Å². The average Bonchev–Trinajstić information content (AvgIpc) is 3.42. The molecule has 0 spiro atoms. The molecular weight excluding hydrogens is 407 g/mol. The van der Waals surface area contributed by atoms with Crippen LogP contribution in [0.2, 0.25) is 0 Å². The summed E-state index contributed by atoms with van der Waals surface area (Å²) in [6, 6.07) is 10.0. The molecule has 0 saturated carbocycles. The fourth-order valence-electron chi connectivity index (χ4n) is 2.84. The lowest BCUT2D eigenvalue weighted by Crippen LogP contribution is -2.31. The van der Waals surface area contributed by atoms with E-state index in [9.17, 15) is 9.18 Å². The Balaban J connectivity index is 1.30. The van der Waals surface area contributed by atoms with Crippen molar-refractivity contribution in [2.75, 3.05) is 18.5 Å². The summed E-state index contributed by atoms with van der Waals surface area (Å²) in [7, 11) is 0. The third-order valence-electron chi connectivity index (χ3n) is 4.28. The normalized spacial score (nSPS) is 10.8. The van der Waals surface area contributed by atoms with Gasteiger partial charge in [-0.25, -0.2) is 19.0 Å². The molecule has 1 amide bonds. The SMILES string of the molecule is O=C(COc1ccccc1F)NCCn1ncc2c(NCc3cccs3)ncnc21. The number of aromatic nitrogens is 4. The van der Waals surface area contributed by atoms with Crippen molar-refractivity contribution >= 4 is 34.1 Å². The van der Waals surface area contributed by atoms with Gasteiger partial charge in [-0.3, -0.25) is 4.79 Å². The van der Waals surface area contributed by atoms with E-state index in [1.165, 1.54) is 23.3 Å². The molecule has 0 bridgehead atoms. The van der Waals surface area contributed by atoms with Crippen molar-refractivity contribution in [2.45, 2.75) is 13.1 Å². The molecule has 0 aliphatic heterocycles. The molecule has 30 heavy (non-hydrogen) atoms. The Bertz CT molecular complexity index is 1130. The average molecular weight is 426 g/mol. The number of nitrogens with zero attached hydrogens (tertiary/aromatic N) is 4. The highest BCUT2D eigenvalue weighted by Gasteiger charge is 2.11. The van der Waals surface area contributed by atoms with Crippen molar-refractivity contribution in [3.05, 3.63) is 65.0 Å². The number of amides is 1. The highest BCUT2D eigenvalue weighted by Crippen LogP contribution is 2.20. The van der Waals surface area contributed by atoms with E-state index in [4.69, 9.17) is 4.74 Å². The molecule has 0 radical (unpaired) electrons. The van der Waals surface area contributed by atoms with E-state index in [2.05, 4.69) is 31.8 Å². The fraction of sp³-hybridized carbons (Fsp3) is 0.200. The summed E-state index contributed by atoms with van der Waals surface area (Å²) in [5, 5.41) is 13.2. The van der Waals surface area contributed by atoms with Crippen LogP contribution in [-0.4, -0.2) is 38.8 Å². The van der Waals surface area contributed by atoms with E-state index in [-0.39, 0.29) is 18.3 Å². The summed E-state index contributed by atoms with van der Waals surface area (Å²) in [6.07, 6.45) is 3.19. The third-order valence-corrected chi connectivity index (χ3v) is 5.16. The number of thiophene rings is 1. The second kappa shape index (κ2) is 9.31. The molecule has 0 aliphatic carbocycles. The molecule has 4 rings (SSSR count). The van der Waals surface area contributed by atoms with Crippen LogP contribution < -0.4 is 15.4 Å². The zero-order valence-corrected chi connectivity index (χ0v) is 16.7. The lowest BCUT2D eigenvalue weighted by molar-refractivity contribution is -0.123. The summed E-state index contributed by atoms with van der Waals surface area (Å²) in [6.45, 7) is 1.17. The van der Waals surface area contributed by atoms with Crippen LogP contribution in [0.25, 0.3) is 11.0 Å². The van der Waals surface area contributed by atoms with Gasteiger partial charge in [0.1, 0.15) is 12.1 Å². The Hall–Kier alpha value is -3.53. The number of fused-ring (bicyclic) bond motifs is 1. The van der Waals surface area contributed by atoms with Crippen molar-refractivity contribution in [1.29, 1.82) is 0 Å². The minimum absolute atomic E-state index is 0.0463. The number of hydrogen-bond donors (Lipinski definition) is 2. The molecule has 2 N–H and O–H groups in total. The molecular formula is C20H19FN6O2S. The highest BCUT2D eigenvalue weighted by molar-refractivity contribution is 7.09. The van der Waals surface area contributed by atoms with Gasteiger partial charge in [0.2, 0.25) is 0 Å². The van der Waals surface area contributed by atoms with E-state index < -0.39 is 5.82 Å². The van der Waals surface area contributed by atoms with Crippen molar-refractivity contribution in [3.63, 3.8) is 0 Å². The Morgan fingerprint density at radius 1 is 1.20 bits per heavy atom. The van der Waals surface area contributed by atoms with Crippen LogP contribution in [0.5, 0.6) is 5.75 Å². The standard InChI is InChI=1S/C20H19FN6O2S/c21-16-5-1-2-6-17(16)29-12-18(28)22-7-8-27-20-15(11-26-27)19(24-13-25-20)23-10-14-4-3-9-30-14/h1-6,9,11,13H,7-8,10,12H2,(H,22,28)(H,23,24,25). The zero-order chi connectivity index (χ0) is 20.8. The van der Waals surface area contributed by atoms with Gasteiger partial charge in [0, 0.05) is 11.4 Å². The van der Waals surface area contributed by atoms with Crippen LogP contribution in [-0.2, 0) is 17.9 Å². The molecule has 0 atom stereocenters. The maximum atomic E-state index is 13.5. The van der Waals surface area contributed by atoms with E-state index in [1.807, 2.05) is 11.4 Å². The van der Waals surface area contributed by atoms with Crippen LogP contribution in [0.4, 0.5) is 10.2 Å². The minimum Gasteiger partial charge on any atom is -0.481 e. The number of rotatable bonds is 9. The summed E-state index contributed by atoms with van der Waals surface area (Å²) < 4.78 is 20.4. The Morgan fingerprint density at radius 3 is 2.93 bits per heavy atom. The van der Waals surface area contributed by atoms with E-state index in [1.54, 1.807) is 34.3 Å². The first-order valence-electron chi connectivity index (χ1n) is 9.27. The lowest BCUT2D eigenvalue weighted by atomic mass is 10.3. The van der Waals surface area contributed by atoms with Crippen LogP contribution in [0.3, 0.4) is 0 Å². The summed E-state index contributed by atoms with van der Waals surface area (Å²) >= 11 is 1.67. The number of para-hydroxylation sites is 1. The Kier molecular flexibility index (Phi) is 6.14. The van der Waals surface area contributed by atoms with Crippen LogP contribution in [0, 0.1) is 5.82 Å². The van der Waals surface area contributed by atoms with Crippen LogP contribution in [0.1, 0.15) is 4.88 Å². The molecule has 0 aliphatic rings. The van der Waals surface area contributed by atoms with Crippen molar-refractivity contribution in [1.82, 2.24) is 25.1 Å². The predicted octanol–water partition coefficient (Wildman–Crippen LogP) is 2.83. The van der Waals surface area contributed by atoms with Crippen molar-refractivity contribution < 1.29 is 13.9 Å². The van der Waals surface area contributed by atoms with E-state index in [0.29, 0.717) is 31.1 Å². The maximum Gasteiger partial charge on any atom is 0.258 e. The van der Waals surface area contributed by atoms with Gasteiger partial charge < -0.3 is 15.4 Å². The van der Waals surface area contributed by atoms with Gasteiger partial charge in [0.15, 0.2) is 23.8 Å². The van der Waals surface area contributed by atoms with Crippen LogP contribution in [0.15, 0.2) is 54.3 Å². The fourth-order valence-corrected chi connectivity index (χ4v) is 3.48. The summed E-state index contributed by atoms with van der Waals surface area (Å²) in [5.74, 6) is -0.0916. The molecule has 4 aromatic rings. The highest BCUT2D eigenvalue weighted by atomic mass is 32.1. The Labute approximate surface area is 175 Å². The number of hydrogen-bond acceptors (Lipinski definition) is 7. The lowest BCUT2D eigenvalue weighted by Gasteiger charge is -2.09. The zero-order valence-electron chi connectivity index (χ0n) is 15.9. The topological polar surface area (TPSA) is 94.0 Å². The first-order chi connectivity index (χ1) is 14.7. The molecule has 3 aromatic heterocycles. The van der Waals surface area contributed by atoms with Gasteiger partial charge in [-0.2, -0.15) is 5.10 Å². The van der Waals surface area contributed by atoms with Crippen molar-refractivity contribution in [2.24, 2.45) is 0 Å². The Morgan fingerprint density at radius 2 is 2.10 bits per heavy atom. The number of carbonyl (C=O) groups excluding carboxylic acids is 1. The molecule has 3 heterocycles. The molecule has 0 unspecified atom stereocenters. The van der Waals surface area contributed by atoms with Gasteiger partial charge in [0.25, 0.3) is 5.91 Å². The molecule has 0 saturated heterocycles. The third kappa shape index (κ3) is 4.71. The van der Waals surface area contributed by atoms with Gasteiger partial charge >= 0.3 is 0 Å². The molecule has 8 nitrogen and oxygen atoms in total. The smallest absolute Gasteiger partial charge is 0.258 e. The minimum atomic E-state index is -0.503.